The molecule has 0 heterocycles. The highest BCUT2D eigenvalue weighted by atomic mass is 19.1. The lowest BCUT2D eigenvalue weighted by molar-refractivity contribution is -0.217. The predicted molar refractivity (Wildman–Crippen MR) is 105 cm³/mol. The van der Waals surface area contributed by atoms with Crippen LogP contribution in [0, 0.1) is 22.7 Å². The Morgan fingerprint density at radius 3 is 2.63 bits per heavy atom. The van der Waals surface area contributed by atoms with Crippen molar-refractivity contribution in [2.24, 2.45) is 22.7 Å². The number of alkyl halides is 1. The number of Topliss-reactive ketones (excluding diaryl/α,β-unsaturated/α-hetero) is 1. The van der Waals surface area contributed by atoms with Crippen LogP contribution in [0.5, 0.6) is 0 Å². The summed E-state index contributed by atoms with van der Waals surface area (Å²) < 4.78 is 21.7. The lowest BCUT2D eigenvalue weighted by Crippen LogP contribution is -2.69. The first-order chi connectivity index (χ1) is 13.9. The highest BCUT2D eigenvalue weighted by molar-refractivity contribution is 6.01. The number of aliphatic hydroxyl groups is 2. The normalized spacial score (nSPS) is 47.1. The first-order valence-electron chi connectivity index (χ1n) is 10.6. The predicted octanol–water partition coefficient (Wildman–Crippen LogP) is 2.22. The van der Waals surface area contributed by atoms with E-state index in [1.807, 2.05) is 0 Å². The summed E-state index contributed by atoms with van der Waals surface area (Å²) in [6, 6.07) is 0. The molecule has 0 saturated heterocycles. The van der Waals surface area contributed by atoms with Crippen LogP contribution in [0.25, 0.3) is 0 Å². The van der Waals surface area contributed by atoms with Crippen LogP contribution in [-0.4, -0.2) is 51.7 Å². The summed E-state index contributed by atoms with van der Waals surface area (Å²) in [5.41, 5.74) is -5.23. The molecule has 2 N–H and O–H groups in total. The number of hydrogen-bond donors (Lipinski definition) is 2. The van der Waals surface area contributed by atoms with Crippen LogP contribution in [0.4, 0.5) is 4.39 Å². The molecular formula is C23H29FO6. The SMILES string of the molecule is CC(=O)OCC(=O)[C@]1(O)CC[C@@H]2[C@H]3CCC4=CC(=O)C=C[C@]4(C)[C@]3(F)[C@@H](O)C[C@@]21C. The molecule has 7 heteroatoms. The summed E-state index contributed by atoms with van der Waals surface area (Å²) in [5.74, 6) is -2.28. The number of ether oxygens (including phenoxy) is 1. The van der Waals surface area contributed by atoms with Gasteiger partial charge in [-0.2, -0.15) is 0 Å². The Morgan fingerprint density at radius 1 is 1.27 bits per heavy atom. The molecule has 164 valence electrons. The van der Waals surface area contributed by atoms with Gasteiger partial charge in [0.2, 0.25) is 5.78 Å². The van der Waals surface area contributed by atoms with E-state index < -0.39 is 52.5 Å². The van der Waals surface area contributed by atoms with Crippen LogP contribution < -0.4 is 0 Å². The molecular weight excluding hydrogens is 391 g/mol. The van der Waals surface area contributed by atoms with E-state index in [1.165, 1.54) is 19.1 Å². The molecule has 3 fully saturated rings. The first-order valence-corrected chi connectivity index (χ1v) is 10.6. The molecule has 4 rings (SSSR count). The topological polar surface area (TPSA) is 101 Å². The van der Waals surface area contributed by atoms with Gasteiger partial charge < -0.3 is 14.9 Å². The zero-order valence-electron chi connectivity index (χ0n) is 17.6. The molecule has 6 nitrogen and oxygen atoms in total. The summed E-state index contributed by atoms with van der Waals surface area (Å²) in [5, 5.41) is 22.6. The number of carbonyl (C=O) groups is 3. The molecule has 7 atom stereocenters. The number of ketones is 2. The van der Waals surface area contributed by atoms with Crippen LogP contribution in [0.3, 0.4) is 0 Å². The summed E-state index contributed by atoms with van der Waals surface area (Å²) in [7, 11) is 0. The van der Waals surface area contributed by atoms with Gasteiger partial charge in [-0.25, -0.2) is 4.39 Å². The molecule has 0 unspecified atom stereocenters. The van der Waals surface area contributed by atoms with Crippen LogP contribution in [0.1, 0.15) is 52.9 Å². The summed E-state index contributed by atoms with van der Waals surface area (Å²) in [4.78, 5) is 35.8. The van der Waals surface area contributed by atoms with Crippen molar-refractivity contribution in [2.45, 2.75) is 70.2 Å². The second kappa shape index (κ2) is 6.57. The Morgan fingerprint density at radius 2 is 1.97 bits per heavy atom. The zero-order chi connectivity index (χ0) is 22.1. The summed E-state index contributed by atoms with van der Waals surface area (Å²) >= 11 is 0. The van der Waals surface area contributed by atoms with Crippen molar-refractivity contribution < 1.29 is 33.7 Å². The molecule has 0 bridgehead atoms. The van der Waals surface area contributed by atoms with Crippen molar-refractivity contribution in [1.82, 2.24) is 0 Å². The van der Waals surface area contributed by atoms with E-state index in [0.29, 0.717) is 24.8 Å². The van der Waals surface area contributed by atoms with Gasteiger partial charge >= 0.3 is 5.97 Å². The number of esters is 1. The minimum atomic E-state index is -2.00. The van der Waals surface area contributed by atoms with Crippen LogP contribution in [0.15, 0.2) is 23.8 Å². The van der Waals surface area contributed by atoms with Crippen molar-refractivity contribution in [3.63, 3.8) is 0 Å². The van der Waals surface area contributed by atoms with Crippen molar-refractivity contribution in [1.29, 1.82) is 0 Å². The molecule has 0 spiro atoms. The minimum Gasteiger partial charge on any atom is -0.458 e. The number of rotatable bonds is 3. The third kappa shape index (κ3) is 2.51. The maximum Gasteiger partial charge on any atom is 0.303 e. The summed E-state index contributed by atoms with van der Waals surface area (Å²) in [6.07, 6.45) is 4.47. The van der Waals surface area contributed by atoms with Gasteiger partial charge in [0.15, 0.2) is 18.1 Å². The molecule has 4 aliphatic carbocycles. The maximum absolute atomic E-state index is 16.9. The lowest BCUT2D eigenvalue weighted by Gasteiger charge is -2.62. The molecule has 0 aromatic carbocycles. The smallest absolute Gasteiger partial charge is 0.303 e. The monoisotopic (exact) mass is 420 g/mol. The lowest BCUT2D eigenvalue weighted by atomic mass is 9.44. The molecule has 4 aliphatic rings. The summed E-state index contributed by atoms with van der Waals surface area (Å²) in [6.45, 7) is 4.12. The van der Waals surface area contributed by atoms with E-state index in [0.717, 1.165) is 0 Å². The number of allylic oxidation sites excluding steroid dienone is 4. The number of fused-ring (bicyclic) bond motifs is 5. The molecule has 0 aromatic heterocycles. The van der Waals surface area contributed by atoms with E-state index in [2.05, 4.69) is 0 Å². The van der Waals surface area contributed by atoms with Gasteiger partial charge in [0.25, 0.3) is 0 Å². The Hall–Kier alpha value is -1.86. The van der Waals surface area contributed by atoms with Gasteiger partial charge in [0.1, 0.15) is 5.60 Å². The largest absolute Gasteiger partial charge is 0.458 e. The second-order valence-corrected chi connectivity index (χ2v) is 9.87. The zero-order valence-corrected chi connectivity index (χ0v) is 17.6. The molecule has 0 aliphatic heterocycles. The van der Waals surface area contributed by atoms with Crippen LogP contribution >= 0.6 is 0 Å². The number of carbonyl (C=O) groups excluding carboxylic acids is 3. The second-order valence-electron chi connectivity index (χ2n) is 9.87. The average molecular weight is 420 g/mol. The fraction of sp³-hybridized carbons (Fsp3) is 0.696. The molecule has 0 amide bonds. The van der Waals surface area contributed by atoms with Crippen LogP contribution in [0.2, 0.25) is 0 Å². The highest BCUT2D eigenvalue weighted by Gasteiger charge is 2.74. The Balaban J connectivity index is 1.72. The standard InChI is InChI=1S/C23H29FO6/c1-13(25)30-12-19(28)22(29)9-7-16-17-5-4-14-10-15(26)6-8-20(14,2)23(17,24)18(27)11-21(16,22)3/h6,8,10,16-18,27,29H,4-5,7,9,11-12H2,1-3H3/t16-,17-,18+,20+,21+,22-,23-/m1/s1. The highest BCUT2D eigenvalue weighted by Crippen LogP contribution is 2.69. The van der Waals surface area contributed by atoms with Gasteiger partial charge in [0, 0.05) is 23.7 Å². The Bertz CT molecular complexity index is 879. The Kier molecular flexibility index (Phi) is 4.68. The fourth-order valence-electron chi connectivity index (χ4n) is 6.96. The third-order valence-corrected chi connectivity index (χ3v) is 8.66. The van der Waals surface area contributed by atoms with Crippen molar-refractivity contribution in [3.8, 4) is 0 Å². The van der Waals surface area contributed by atoms with E-state index in [-0.39, 0.29) is 24.5 Å². The van der Waals surface area contributed by atoms with E-state index in [1.54, 1.807) is 19.9 Å². The number of hydrogen-bond acceptors (Lipinski definition) is 6. The van der Waals surface area contributed by atoms with Gasteiger partial charge in [0.05, 0.1) is 6.10 Å². The van der Waals surface area contributed by atoms with Crippen molar-refractivity contribution >= 4 is 17.5 Å². The molecule has 0 aromatic rings. The number of halogens is 1. The number of aliphatic hydroxyl groups excluding tert-OH is 1. The van der Waals surface area contributed by atoms with Crippen molar-refractivity contribution in [3.05, 3.63) is 23.8 Å². The minimum absolute atomic E-state index is 0.0857. The van der Waals surface area contributed by atoms with Gasteiger partial charge in [-0.15, -0.1) is 0 Å². The maximum atomic E-state index is 16.9. The van der Waals surface area contributed by atoms with E-state index in [9.17, 15) is 24.6 Å². The average Bonchev–Trinajstić information content (AvgIpc) is 2.94. The molecule has 3 saturated carbocycles. The molecule has 0 radical (unpaired) electrons. The quantitative estimate of drug-likeness (QED) is 0.679. The molecule has 30 heavy (non-hydrogen) atoms. The van der Waals surface area contributed by atoms with Gasteiger partial charge in [-0.3, -0.25) is 14.4 Å². The van der Waals surface area contributed by atoms with E-state index in [4.69, 9.17) is 4.74 Å². The third-order valence-electron chi connectivity index (χ3n) is 8.66. The fourth-order valence-corrected chi connectivity index (χ4v) is 6.96. The van der Waals surface area contributed by atoms with E-state index >= 15 is 4.39 Å². The Labute approximate surface area is 175 Å². The first kappa shape index (κ1) is 21.4. The van der Waals surface area contributed by atoms with Crippen molar-refractivity contribution in [2.75, 3.05) is 6.61 Å². The van der Waals surface area contributed by atoms with Gasteiger partial charge in [-0.05, 0) is 57.1 Å². The van der Waals surface area contributed by atoms with Gasteiger partial charge in [-0.1, -0.05) is 18.6 Å². The van der Waals surface area contributed by atoms with Crippen LogP contribution in [-0.2, 0) is 19.1 Å².